The van der Waals surface area contributed by atoms with Crippen molar-refractivity contribution < 1.29 is 13.2 Å². The first kappa shape index (κ1) is 13.4. The normalized spacial score (nSPS) is 13.9. The Morgan fingerprint density at radius 3 is 2.94 bits per heavy atom. The molecule has 1 atom stereocenters. The van der Waals surface area contributed by atoms with Crippen molar-refractivity contribution in [3.63, 3.8) is 0 Å². The number of rotatable bonds is 7. The molecule has 0 bridgehead atoms. The lowest BCUT2D eigenvalue weighted by Gasteiger charge is -2.15. The Morgan fingerprint density at radius 1 is 1.69 bits per heavy atom. The van der Waals surface area contributed by atoms with E-state index in [2.05, 4.69) is 14.9 Å². The third-order valence-corrected chi connectivity index (χ3v) is 3.64. The summed E-state index contributed by atoms with van der Waals surface area (Å²) in [5.74, 6) is 0.363. The zero-order valence-electron chi connectivity index (χ0n) is 8.81. The van der Waals surface area contributed by atoms with Crippen LogP contribution in [0.25, 0.3) is 0 Å². The Bertz CT molecular complexity index is 387. The predicted octanol–water partition coefficient (Wildman–Crippen LogP) is 0.332. The quantitative estimate of drug-likeness (QED) is 0.698. The molecule has 0 saturated carbocycles. The molecular formula is C8H14ClN3O3S. The first-order valence-electron chi connectivity index (χ1n) is 4.66. The minimum absolute atomic E-state index is 0.100. The standard InChI is InChI=1S/C8H14ClN3O3S/c1-15-6-7(2-3-9)12-16(13,14)8-4-10-11-5-8/h4-5,7,12H,2-3,6H2,1H3,(H,10,11). The fourth-order valence-electron chi connectivity index (χ4n) is 1.18. The van der Waals surface area contributed by atoms with Gasteiger partial charge in [0.1, 0.15) is 4.90 Å². The Labute approximate surface area is 99.4 Å². The molecule has 0 saturated heterocycles. The van der Waals surface area contributed by atoms with Crippen molar-refractivity contribution in [2.24, 2.45) is 0 Å². The van der Waals surface area contributed by atoms with Gasteiger partial charge in [-0.3, -0.25) is 5.10 Å². The van der Waals surface area contributed by atoms with Gasteiger partial charge >= 0.3 is 0 Å². The molecule has 0 amide bonds. The Kier molecular flexibility index (Phi) is 5.20. The number of methoxy groups -OCH3 is 1. The van der Waals surface area contributed by atoms with Crippen molar-refractivity contribution in [1.29, 1.82) is 0 Å². The molecule has 1 aromatic heterocycles. The second-order valence-corrected chi connectivity index (χ2v) is 5.28. The van der Waals surface area contributed by atoms with Crippen LogP contribution in [0.2, 0.25) is 0 Å². The second kappa shape index (κ2) is 6.19. The molecule has 6 nitrogen and oxygen atoms in total. The topological polar surface area (TPSA) is 84.1 Å². The summed E-state index contributed by atoms with van der Waals surface area (Å²) < 4.78 is 31.0. The molecule has 1 aromatic rings. The van der Waals surface area contributed by atoms with Crippen molar-refractivity contribution in [3.05, 3.63) is 12.4 Å². The highest BCUT2D eigenvalue weighted by Crippen LogP contribution is 2.07. The molecule has 0 aliphatic heterocycles. The van der Waals surface area contributed by atoms with Crippen LogP contribution < -0.4 is 4.72 Å². The largest absolute Gasteiger partial charge is 0.383 e. The van der Waals surface area contributed by atoms with Crippen molar-refractivity contribution in [2.75, 3.05) is 19.6 Å². The van der Waals surface area contributed by atoms with Crippen molar-refractivity contribution in [3.8, 4) is 0 Å². The van der Waals surface area contributed by atoms with E-state index in [4.69, 9.17) is 16.3 Å². The molecule has 1 unspecified atom stereocenters. The summed E-state index contributed by atoms with van der Waals surface area (Å²) in [4.78, 5) is 0.100. The summed E-state index contributed by atoms with van der Waals surface area (Å²) >= 11 is 5.58. The summed E-state index contributed by atoms with van der Waals surface area (Å²) in [6.45, 7) is 0.282. The van der Waals surface area contributed by atoms with Gasteiger partial charge in [0.25, 0.3) is 0 Å². The number of hydrogen-bond acceptors (Lipinski definition) is 4. The van der Waals surface area contributed by atoms with E-state index < -0.39 is 10.0 Å². The van der Waals surface area contributed by atoms with Gasteiger partial charge in [0.2, 0.25) is 10.0 Å². The Balaban J connectivity index is 2.70. The van der Waals surface area contributed by atoms with Gasteiger partial charge in [-0.05, 0) is 6.42 Å². The first-order chi connectivity index (χ1) is 7.60. The SMILES string of the molecule is COCC(CCCl)NS(=O)(=O)c1cn[nH]c1. The van der Waals surface area contributed by atoms with Gasteiger partial charge < -0.3 is 4.74 Å². The second-order valence-electron chi connectivity index (χ2n) is 3.19. The molecule has 92 valence electrons. The zero-order chi connectivity index (χ0) is 12.0. The number of alkyl halides is 1. The number of H-pyrrole nitrogens is 1. The molecule has 0 aliphatic carbocycles. The van der Waals surface area contributed by atoms with E-state index in [9.17, 15) is 8.42 Å². The van der Waals surface area contributed by atoms with Gasteiger partial charge in [-0.25, -0.2) is 13.1 Å². The minimum Gasteiger partial charge on any atom is -0.383 e. The molecule has 0 aromatic carbocycles. The van der Waals surface area contributed by atoms with Crippen LogP contribution in [-0.2, 0) is 14.8 Å². The fourth-order valence-corrected chi connectivity index (χ4v) is 2.61. The van der Waals surface area contributed by atoms with E-state index in [1.165, 1.54) is 19.5 Å². The lowest BCUT2D eigenvalue weighted by Crippen LogP contribution is -2.38. The van der Waals surface area contributed by atoms with Crippen LogP contribution in [-0.4, -0.2) is 44.3 Å². The molecule has 16 heavy (non-hydrogen) atoms. The van der Waals surface area contributed by atoms with Crippen LogP contribution in [0.4, 0.5) is 0 Å². The zero-order valence-corrected chi connectivity index (χ0v) is 10.4. The maximum Gasteiger partial charge on any atom is 0.244 e. The number of halogens is 1. The van der Waals surface area contributed by atoms with E-state index in [1.54, 1.807) is 0 Å². The summed E-state index contributed by atoms with van der Waals surface area (Å²) in [5, 5.41) is 6.03. The smallest absolute Gasteiger partial charge is 0.244 e. The average Bonchev–Trinajstić information content (AvgIpc) is 2.71. The summed E-state index contributed by atoms with van der Waals surface area (Å²) in [5.41, 5.74) is 0. The van der Waals surface area contributed by atoms with Gasteiger partial charge in [0, 0.05) is 25.2 Å². The monoisotopic (exact) mass is 267 g/mol. The van der Waals surface area contributed by atoms with Crippen LogP contribution in [0.15, 0.2) is 17.3 Å². The molecule has 0 fully saturated rings. The van der Waals surface area contributed by atoms with E-state index in [-0.39, 0.29) is 17.5 Å². The van der Waals surface area contributed by atoms with E-state index in [0.29, 0.717) is 12.3 Å². The van der Waals surface area contributed by atoms with E-state index in [0.717, 1.165) is 0 Å². The lowest BCUT2D eigenvalue weighted by atomic mass is 10.3. The van der Waals surface area contributed by atoms with Crippen LogP contribution in [0.1, 0.15) is 6.42 Å². The maximum absolute atomic E-state index is 11.8. The predicted molar refractivity (Wildman–Crippen MR) is 59.9 cm³/mol. The van der Waals surface area contributed by atoms with Gasteiger partial charge in [0.15, 0.2) is 0 Å². The van der Waals surface area contributed by atoms with Crippen LogP contribution >= 0.6 is 11.6 Å². The number of aromatic nitrogens is 2. The van der Waals surface area contributed by atoms with E-state index in [1.807, 2.05) is 0 Å². The Hall–Kier alpha value is -0.630. The van der Waals surface area contributed by atoms with Crippen LogP contribution in [0.5, 0.6) is 0 Å². The van der Waals surface area contributed by atoms with E-state index >= 15 is 0 Å². The van der Waals surface area contributed by atoms with Crippen molar-refractivity contribution in [2.45, 2.75) is 17.4 Å². The average molecular weight is 268 g/mol. The number of ether oxygens (including phenoxy) is 1. The number of aromatic amines is 1. The van der Waals surface area contributed by atoms with Crippen LogP contribution in [0, 0.1) is 0 Å². The fraction of sp³-hybridized carbons (Fsp3) is 0.625. The van der Waals surface area contributed by atoms with Gasteiger partial charge in [-0.15, -0.1) is 11.6 Å². The van der Waals surface area contributed by atoms with Crippen LogP contribution in [0.3, 0.4) is 0 Å². The molecule has 0 radical (unpaired) electrons. The Morgan fingerprint density at radius 2 is 2.44 bits per heavy atom. The number of nitrogens with one attached hydrogen (secondary N) is 2. The number of sulfonamides is 1. The molecular weight excluding hydrogens is 254 g/mol. The molecule has 2 N–H and O–H groups in total. The number of nitrogens with zero attached hydrogens (tertiary/aromatic N) is 1. The third-order valence-electron chi connectivity index (χ3n) is 1.93. The van der Waals surface area contributed by atoms with Gasteiger partial charge in [0.05, 0.1) is 12.8 Å². The lowest BCUT2D eigenvalue weighted by molar-refractivity contribution is 0.173. The highest BCUT2D eigenvalue weighted by Gasteiger charge is 2.20. The highest BCUT2D eigenvalue weighted by molar-refractivity contribution is 7.89. The molecule has 0 spiro atoms. The molecule has 0 aliphatic rings. The minimum atomic E-state index is -3.54. The summed E-state index contributed by atoms with van der Waals surface area (Å²) in [6, 6.07) is -0.331. The van der Waals surface area contributed by atoms with Crippen molar-refractivity contribution >= 4 is 21.6 Å². The van der Waals surface area contributed by atoms with Crippen molar-refractivity contribution in [1.82, 2.24) is 14.9 Å². The molecule has 1 heterocycles. The highest BCUT2D eigenvalue weighted by atomic mass is 35.5. The third kappa shape index (κ3) is 3.75. The molecule has 1 rings (SSSR count). The van der Waals surface area contributed by atoms with Gasteiger partial charge in [-0.1, -0.05) is 0 Å². The van der Waals surface area contributed by atoms with Gasteiger partial charge in [-0.2, -0.15) is 5.10 Å². The number of hydrogen-bond donors (Lipinski definition) is 2. The summed E-state index contributed by atoms with van der Waals surface area (Å²) in [7, 11) is -2.04. The summed E-state index contributed by atoms with van der Waals surface area (Å²) in [6.07, 6.45) is 3.06. The molecule has 8 heteroatoms. The first-order valence-corrected chi connectivity index (χ1v) is 6.68. The maximum atomic E-state index is 11.8.